The lowest BCUT2D eigenvalue weighted by Crippen LogP contribution is -2.36. The molecule has 1 saturated carbocycles. The van der Waals surface area contributed by atoms with Crippen LogP contribution in [-0.4, -0.2) is 6.04 Å². The molecule has 0 saturated heterocycles. The molecule has 0 heterocycles. The molecule has 4 atom stereocenters. The second-order valence-corrected chi connectivity index (χ2v) is 6.53. The molecule has 0 aromatic heterocycles. The first-order chi connectivity index (χ1) is 8.74. The third-order valence-electron chi connectivity index (χ3n) is 5.10. The predicted molar refractivity (Wildman–Crippen MR) is 76.6 cm³/mol. The molecule has 0 amide bonds. The largest absolute Gasteiger partial charge is 0.327 e. The maximum atomic E-state index is 6.48. The van der Waals surface area contributed by atoms with Gasteiger partial charge < -0.3 is 5.73 Å². The van der Waals surface area contributed by atoms with Crippen molar-refractivity contribution in [1.29, 1.82) is 0 Å². The smallest absolute Gasteiger partial charge is 0.00732 e. The van der Waals surface area contributed by atoms with Gasteiger partial charge in [-0.3, -0.25) is 0 Å². The van der Waals surface area contributed by atoms with Crippen molar-refractivity contribution in [2.75, 3.05) is 0 Å². The van der Waals surface area contributed by atoms with Crippen molar-refractivity contribution in [1.82, 2.24) is 0 Å². The van der Waals surface area contributed by atoms with Crippen LogP contribution in [-0.2, 0) is 6.42 Å². The lowest BCUT2D eigenvalue weighted by molar-refractivity contribution is 0.231. The fraction of sp³-hybridized carbons (Fsp3) is 0.647. The van der Waals surface area contributed by atoms with Crippen LogP contribution in [0.4, 0.5) is 0 Å². The molecule has 98 valence electrons. The molecule has 18 heavy (non-hydrogen) atoms. The molecule has 1 heteroatoms. The van der Waals surface area contributed by atoms with E-state index >= 15 is 0 Å². The standard InChI is InChI=1S/C17H25N/c1-12-5-4-7-14(9-12)17(18)11-15-10-13-6-2-3-8-16(13)15/h2-3,6,8,12,14-15,17H,4-5,7,9-11,18H2,1H3. The van der Waals surface area contributed by atoms with Crippen LogP contribution in [0, 0.1) is 11.8 Å². The summed E-state index contributed by atoms with van der Waals surface area (Å²) in [7, 11) is 0. The van der Waals surface area contributed by atoms with E-state index in [4.69, 9.17) is 5.73 Å². The van der Waals surface area contributed by atoms with E-state index in [1.54, 1.807) is 11.1 Å². The number of benzene rings is 1. The molecule has 0 bridgehead atoms. The second kappa shape index (κ2) is 5.05. The Balaban J connectivity index is 1.58. The Morgan fingerprint density at radius 1 is 1.28 bits per heavy atom. The third-order valence-corrected chi connectivity index (χ3v) is 5.10. The van der Waals surface area contributed by atoms with Gasteiger partial charge >= 0.3 is 0 Å². The van der Waals surface area contributed by atoms with Crippen LogP contribution in [0.3, 0.4) is 0 Å². The van der Waals surface area contributed by atoms with Crippen molar-refractivity contribution < 1.29 is 0 Å². The average Bonchev–Trinajstić information content (AvgIpc) is 2.36. The number of nitrogens with two attached hydrogens (primary N) is 1. The van der Waals surface area contributed by atoms with Crippen LogP contribution in [0.25, 0.3) is 0 Å². The van der Waals surface area contributed by atoms with Crippen molar-refractivity contribution >= 4 is 0 Å². The van der Waals surface area contributed by atoms with Crippen LogP contribution in [0.1, 0.15) is 56.1 Å². The Kier molecular flexibility index (Phi) is 3.43. The van der Waals surface area contributed by atoms with Gasteiger partial charge in [-0.2, -0.15) is 0 Å². The average molecular weight is 243 g/mol. The molecule has 1 aromatic carbocycles. The predicted octanol–water partition coefficient (Wildman–Crippen LogP) is 3.87. The quantitative estimate of drug-likeness (QED) is 0.857. The highest BCUT2D eigenvalue weighted by molar-refractivity contribution is 5.39. The van der Waals surface area contributed by atoms with E-state index in [-0.39, 0.29) is 0 Å². The van der Waals surface area contributed by atoms with Crippen LogP contribution in [0.2, 0.25) is 0 Å². The van der Waals surface area contributed by atoms with Crippen LogP contribution >= 0.6 is 0 Å². The summed E-state index contributed by atoms with van der Waals surface area (Å²) in [5.41, 5.74) is 9.59. The number of rotatable bonds is 3. The minimum Gasteiger partial charge on any atom is -0.327 e. The molecular weight excluding hydrogens is 218 g/mol. The van der Waals surface area contributed by atoms with Crippen molar-refractivity contribution in [2.45, 2.75) is 57.4 Å². The molecule has 0 radical (unpaired) electrons. The molecule has 0 spiro atoms. The van der Waals surface area contributed by atoms with Crippen LogP contribution < -0.4 is 5.73 Å². The highest BCUT2D eigenvalue weighted by Gasteiger charge is 2.31. The van der Waals surface area contributed by atoms with Gasteiger partial charge in [0.1, 0.15) is 0 Å². The zero-order chi connectivity index (χ0) is 12.5. The van der Waals surface area contributed by atoms with Crippen molar-refractivity contribution in [2.24, 2.45) is 17.6 Å². The summed E-state index contributed by atoms with van der Waals surface area (Å²) in [6.45, 7) is 2.39. The Morgan fingerprint density at radius 2 is 2.11 bits per heavy atom. The molecule has 1 nitrogen and oxygen atoms in total. The van der Waals surface area contributed by atoms with Crippen LogP contribution in [0.5, 0.6) is 0 Å². The fourth-order valence-corrected chi connectivity index (χ4v) is 3.96. The summed E-state index contributed by atoms with van der Waals surface area (Å²) < 4.78 is 0. The van der Waals surface area contributed by atoms with Crippen molar-refractivity contribution in [3.05, 3.63) is 35.4 Å². The first-order valence-electron chi connectivity index (χ1n) is 7.57. The fourth-order valence-electron chi connectivity index (χ4n) is 3.96. The van der Waals surface area contributed by atoms with Gasteiger partial charge in [0.2, 0.25) is 0 Å². The minimum atomic E-state index is 0.422. The second-order valence-electron chi connectivity index (χ2n) is 6.53. The maximum Gasteiger partial charge on any atom is 0.00732 e. The number of fused-ring (bicyclic) bond motifs is 1. The monoisotopic (exact) mass is 243 g/mol. The molecule has 3 rings (SSSR count). The van der Waals surface area contributed by atoms with Gasteiger partial charge in [0.15, 0.2) is 0 Å². The van der Waals surface area contributed by atoms with Crippen molar-refractivity contribution in [3.63, 3.8) is 0 Å². The summed E-state index contributed by atoms with van der Waals surface area (Å²) in [4.78, 5) is 0. The Hall–Kier alpha value is -0.820. The van der Waals surface area contributed by atoms with Gasteiger partial charge in [-0.05, 0) is 54.6 Å². The molecule has 1 aromatic rings. The molecule has 1 fully saturated rings. The highest BCUT2D eigenvalue weighted by atomic mass is 14.7. The van der Waals surface area contributed by atoms with E-state index in [9.17, 15) is 0 Å². The summed E-state index contributed by atoms with van der Waals surface area (Å²) in [6, 6.07) is 9.29. The molecule has 4 unspecified atom stereocenters. The van der Waals surface area contributed by atoms with E-state index < -0.39 is 0 Å². The molecule has 2 N–H and O–H groups in total. The topological polar surface area (TPSA) is 26.0 Å². The van der Waals surface area contributed by atoms with Gasteiger partial charge in [-0.15, -0.1) is 0 Å². The van der Waals surface area contributed by atoms with Gasteiger partial charge in [-0.25, -0.2) is 0 Å². The normalized spacial score (nSPS) is 32.4. The van der Waals surface area contributed by atoms with E-state index in [0.717, 1.165) is 17.8 Å². The third kappa shape index (κ3) is 2.33. The summed E-state index contributed by atoms with van der Waals surface area (Å²) in [5, 5.41) is 0. The summed E-state index contributed by atoms with van der Waals surface area (Å²) >= 11 is 0. The Bertz CT molecular complexity index is 412. The Labute approximate surface area is 111 Å². The van der Waals surface area contributed by atoms with Gasteiger partial charge in [0.05, 0.1) is 0 Å². The molecule has 2 aliphatic carbocycles. The highest BCUT2D eigenvalue weighted by Crippen LogP contribution is 2.40. The Morgan fingerprint density at radius 3 is 2.89 bits per heavy atom. The minimum absolute atomic E-state index is 0.422. The zero-order valence-corrected chi connectivity index (χ0v) is 11.4. The number of hydrogen-bond donors (Lipinski definition) is 1. The maximum absolute atomic E-state index is 6.48. The van der Waals surface area contributed by atoms with E-state index in [2.05, 4.69) is 31.2 Å². The summed E-state index contributed by atoms with van der Waals surface area (Å²) in [5.74, 6) is 2.42. The van der Waals surface area contributed by atoms with Gasteiger partial charge in [0, 0.05) is 6.04 Å². The molecule has 0 aliphatic heterocycles. The molecule has 2 aliphatic rings. The van der Waals surface area contributed by atoms with Crippen molar-refractivity contribution in [3.8, 4) is 0 Å². The summed E-state index contributed by atoms with van der Waals surface area (Å²) in [6.07, 6.45) is 7.98. The first-order valence-corrected chi connectivity index (χ1v) is 7.57. The van der Waals surface area contributed by atoms with Gasteiger partial charge in [-0.1, -0.05) is 44.0 Å². The van der Waals surface area contributed by atoms with Crippen LogP contribution in [0.15, 0.2) is 24.3 Å². The zero-order valence-electron chi connectivity index (χ0n) is 11.4. The number of hydrogen-bond acceptors (Lipinski definition) is 1. The van der Waals surface area contributed by atoms with E-state index in [1.165, 1.54) is 38.5 Å². The first kappa shape index (κ1) is 12.2. The lowest BCUT2D eigenvalue weighted by Gasteiger charge is -2.36. The lowest BCUT2D eigenvalue weighted by atomic mass is 9.70. The van der Waals surface area contributed by atoms with E-state index in [0.29, 0.717) is 6.04 Å². The SMILES string of the molecule is CC1CCCC(C(N)CC2Cc3ccccc32)C1. The van der Waals surface area contributed by atoms with Gasteiger partial charge in [0.25, 0.3) is 0 Å². The van der Waals surface area contributed by atoms with E-state index in [1.807, 2.05) is 0 Å². The molecular formula is C17H25N.